The van der Waals surface area contributed by atoms with Gasteiger partial charge in [-0.25, -0.2) is 9.97 Å². The van der Waals surface area contributed by atoms with Gasteiger partial charge in [0.2, 0.25) is 5.91 Å². The number of carbonyl (C=O) groups excluding carboxylic acids is 1. The number of aromatic nitrogens is 2. The first-order chi connectivity index (χ1) is 11.6. The van der Waals surface area contributed by atoms with Crippen molar-refractivity contribution in [2.24, 2.45) is 5.92 Å². The van der Waals surface area contributed by atoms with Crippen molar-refractivity contribution in [1.29, 1.82) is 0 Å². The van der Waals surface area contributed by atoms with Crippen LogP contribution >= 0.6 is 34.7 Å². The van der Waals surface area contributed by atoms with E-state index in [9.17, 15) is 4.79 Å². The smallest absolute Gasteiger partial charge is 0.233 e. The number of thiophene rings is 1. The first-order valence-corrected chi connectivity index (χ1v) is 10.7. The van der Waals surface area contributed by atoms with Crippen LogP contribution in [0.2, 0.25) is 5.15 Å². The summed E-state index contributed by atoms with van der Waals surface area (Å²) in [5, 5.41) is 2.20. The maximum atomic E-state index is 12.2. The van der Waals surface area contributed by atoms with Crippen LogP contribution in [0.1, 0.15) is 36.6 Å². The summed E-state index contributed by atoms with van der Waals surface area (Å²) < 4.78 is 0. The zero-order chi connectivity index (χ0) is 16.7. The molecule has 1 amide bonds. The lowest BCUT2D eigenvalue weighted by molar-refractivity contribution is -0.127. The number of likely N-dealkylation sites (tertiary alicyclic amines) is 1. The normalized spacial score (nSPS) is 20.6. The second-order valence-corrected chi connectivity index (χ2v) is 9.09. The molecule has 2 aromatic rings. The van der Waals surface area contributed by atoms with Gasteiger partial charge in [0.05, 0.1) is 11.1 Å². The molecule has 1 aliphatic carbocycles. The number of nitrogens with zero attached hydrogens (tertiary/aromatic N) is 3. The van der Waals surface area contributed by atoms with Crippen LogP contribution in [0, 0.1) is 5.92 Å². The minimum absolute atomic E-state index is 0.177. The van der Waals surface area contributed by atoms with E-state index in [1.165, 1.54) is 28.6 Å². The molecule has 4 nitrogen and oxygen atoms in total. The molecule has 1 fully saturated rings. The number of carbonyl (C=O) groups is 1. The fraction of sp³-hybridized carbons (Fsp3) is 0.588. The van der Waals surface area contributed by atoms with Crippen molar-refractivity contribution in [3.05, 3.63) is 15.6 Å². The summed E-state index contributed by atoms with van der Waals surface area (Å²) in [5.74, 6) is 1.30. The van der Waals surface area contributed by atoms with E-state index in [4.69, 9.17) is 11.6 Å². The molecule has 2 aromatic heterocycles. The molecule has 1 atom stereocenters. The maximum Gasteiger partial charge on any atom is 0.233 e. The van der Waals surface area contributed by atoms with E-state index in [1.54, 1.807) is 11.3 Å². The van der Waals surface area contributed by atoms with Gasteiger partial charge < -0.3 is 4.90 Å². The predicted molar refractivity (Wildman–Crippen MR) is 100 cm³/mol. The Labute approximate surface area is 155 Å². The number of hydrogen-bond acceptors (Lipinski definition) is 5. The van der Waals surface area contributed by atoms with Gasteiger partial charge in [-0.05, 0) is 43.6 Å². The van der Waals surface area contributed by atoms with E-state index in [-0.39, 0.29) is 5.91 Å². The Hall–Kier alpha value is -0.850. The number of rotatable bonds is 3. The van der Waals surface area contributed by atoms with Crippen molar-refractivity contribution in [2.45, 2.75) is 44.2 Å². The largest absolute Gasteiger partial charge is 0.342 e. The fourth-order valence-corrected chi connectivity index (χ4v) is 6.11. The molecule has 7 heteroatoms. The minimum atomic E-state index is 0.177. The lowest BCUT2D eigenvalue weighted by Crippen LogP contribution is -2.29. The standard InChI is InChI=1S/C17H20ClN3OS2/c1-10-4-5-11-12(8-10)24-16-14(11)15(18)19-17(20-16)23-9-13(22)21-6-2-3-7-21/h10H,2-9H2,1H3. The van der Waals surface area contributed by atoms with Gasteiger partial charge in [0.1, 0.15) is 9.98 Å². The molecule has 1 unspecified atom stereocenters. The lowest BCUT2D eigenvalue weighted by atomic mass is 9.89. The number of thioether (sulfide) groups is 1. The second-order valence-electron chi connectivity index (χ2n) is 6.71. The molecule has 2 aliphatic rings. The molecule has 1 aliphatic heterocycles. The molecule has 0 aromatic carbocycles. The molecular weight excluding hydrogens is 362 g/mol. The monoisotopic (exact) mass is 381 g/mol. The van der Waals surface area contributed by atoms with Crippen LogP contribution in [0.5, 0.6) is 0 Å². The summed E-state index contributed by atoms with van der Waals surface area (Å²) in [7, 11) is 0. The first kappa shape index (κ1) is 16.6. The van der Waals surface area contributed by atoms with Crippen LogP contribution in [0.4, 0.5) is 0 Å². The first-order valence-electron chi connectivity index (χ1n) is 8.50. The quantitative estimate of drug-likeness (QED) is 0.454. The Balaban J connectivity index is 1.55. The molecule has 0 N–H and O–H groups in total. The Kier molecular flexibility index (Phi) is 4.71. The minimum Gasteiger partial charge on any atom is -0.342 e. The molecule has 1 saturated heterocycles. The van der Waals surface area contributed by atoms with Gasteiger partial charge in [0, 0.05) is 18.0 Å². The summed E-state index contributed by atoms with van der Waals surface area (Å²) in [6.45, 7) is 4.07. The van der Waals surface area contributed by atoms with Crippen molar-refractivity contribution in [3.8, 4) is 0 Å². The van der Waals surface area contributed by atoms with E-state index in [0.29, 0.717) is 16.1 Å². The Bertz CT molecular complexity index is 786. The number of hydrogen-bond donors (Lipinski definition) is 0. The zero-order valence-corrected chi connectivity index (χ0v) is 16.1. The summed E-state index contributed by atoms with van der Waals surface area (Å²) in [6, 6.07) is 0. The number of aryl methyl sites for hydroxylation is 1. The number of halogens is 1. The van der Waals surface area contributed by atoms with E-state index in [0.717, 1.165) is 54.9 Å². The van der Waals surface area contributed by atoms with Crippen molar-refractivity contribution in [1.82, 2.24) is 14.9 Å². The van der Waals surface area contributed by atoms with Crippen molar-refractivity contribution >= 4 is 50.8 Å². The maximum absolute atomic E-state index is 12.2. The molecule has 0 bridgehead atoms. The van der Waals surface area contributed by atoms with Gasteiger partial charge >= 0.3 is 0 Å². The molecular formula is C17H20ClN3OS2. The van der Waals surface area contributed by atoms with E-state index in [1.807, 2.05) is 4.90 Å². The molecule has 0 radical (unpaired) electrons. The molecule has 24 heavy (non-hydrogen) atoms. The average molecular weight is 382 g/mol. The third kappa shape index (κ3) is 3.16. The third-order valence-corrected chi connectivity index (χ3v) is 7.13. The third-order valence-electron chi connectivity index (χ3n) is 4.87. The SMILES string of the molecule is CC1CCc2c(sc3nc(SCC(=O)N4CCCC4)nc(Cl)c23)C1. The second kappa shape index (κ2) is 6.81. The summed E-state index contributed by atoms with van der Waals surface area (Å²) in [5.41, 5.74) is 1.35. The Morgan fingerprint density at radius 2 is 2.17 bits per heavy atom. The zero-order valence-electron chi connectivity index (χ0n) is 13.7. The molecule has 3 heterocycles. The summed E-state index contributed by atoms with van der Waals surface area (Å²) in [6.07, 6.45) is 5.62. The highest BCUT2D eigenvalue weighted by molar-refractivity contribution is 7.99. The molecule has 0 spiro atoms. The topological polar surface area (TPSA) is 46.1 Å². The van der Waals surface area contributed by atoms with Crippen LogP contribution in [0.3, 0.4) is 0 Å². The molecule has 4 rings (SSSR count). The summed E-state index contributed by atoms with van der Waals surface area (Å²) in [4.78, 5) is 25.6. The van der Waals surface area contributed by atoms with Gasteiger partial charge in [0.15, 0.2) is 5.16 Å². The summed E-state index contributed by atoms with van der Waals surface area (Å²) >= 11 is 9.61. The van der Waals surface area contributed by atoms with Gasteiger partial charge in [0.25, 0.3) is 0 Å². The van der Waals surface area contributed by atoms with Gasteiger partial charge in [-0.3, -0.25) is 4.79 Å². The van der Waals surface area contributed by atoms with Gasteiger partial charge in [-0.15, -0.1) is 11.3 Å². The molecule has 0 saturated carbocycles. The highest BCUT2D eigenvalue weighted by Crippen LogP contribution is 2.40. The van der Waals surface area contributed by atoms with Crippen LogP contribution in [-0.2, 0) is 17.6 Å². The number of fused-ring (bicyclic) bond motifs is 3. The van der Waals surface area contributed by atoms with Crippen LogP contribution in [-0.4, -0.2) is 39.6 Å². The highest BCUT2D eigenvalue weighted by atomic mass is 35.5. The van der Waals surface area contributed by atoms with Crippen LogP contribution < -0.4 is 0 Å². The van der Waals surface area contributed by atoms with Crippen molar-refractivity contribution < 1.29 is 4.79 Å². The van der Waals surface area contributed by atoms with E-state index >= 15 is 0 Å². The molecule has 128 valence electrons. The van der Waals surface area contributed by atoms with Crippen LogP contribution in [0.25, 0.3) is 10.2 Å². The fourth-order valence-electron chi connectivity index (χ4n) is 3.53. The van der Waals surface area contributed by atoms with Crippen molar-refractivity contribution in [2.75, 3.05) is 18.8 Å². The van der Waals surface area contributed by atoms with Crippen LogP contribution in [0.15, 0.2) is 5.16 Å². The van der Waals surface area contributed by atoms with Gasteiger partial charge in [-0.2, -0.15) is 0 Å². The number of amides is 1. The Morgan fingerprint density at radius 1 is 1.38 bits per heavy atom. The van der Waals surface area contributed by atoms with Gasteiger partial charge in [-0.1, -0.05) is 30.3 Å². The average Bonchev–Trinajstić information content (AvgIpc) is 3.19. The van der Waals surface area contributed by atoms with E-state index in [2.05, 4.69) is 16.9 Å². The van der Waals surface area contributed by atoms with Crippen molar-refractivity contribution in [3.63, 3.8) is 0 Å². The van der Waals surface area contributed by atoms with E-state index < -0.39 is 0 Å². The Morgan fingerprint density at radius 3 is 2.96 bits per heavy atom. The lowest BCUT2D eigenvalue weighted by Gasteiger charge is -2.17. The predicted octanol–water partition coefficient (Wildman–Crippen LogP) is 4.18. The highest BCUT2D eigenvalue weighted by Gasteiger charge is 2.24.